The molecule has 5 nitrogen and oxygen atoms in total. The number of halogens is 1. The monoisotopic (exact) mass is 327 g/mol. The molecule has 1 aliphatic rings. The first-order valence-corrected chi connectivity index (χ1v) is 7.80. The third kappa shape index (κ3) is 4.55. The zero-order valence-electron chi connectivity index (χ0n) is 13.0. The number of carbonyl (C=O) groups excluding carboxylic acids is 2. The molecular formula is C18H18FN3O2. The minimum Gasteiger partial charge on any atom is -0.376 e. The van der Waals surface area contributed by atoms with Crippen LogP contribution >= 0.6 is 0 Å². The molecule has 0 aromatic heterocycles. The van der Waals surface area contributed by atoms with Crippen molar-refractivity contribution in [3.05, 3.63) is 59.9 Å². The predicted octanol–water partition coefficient (Wildman–Crippen LogP) is 2.77. The van der Waals surface area contributed by atoms with Crippen LogP contribution in [-0.4, -0.2) is 24.4 Å². The van der Waals surface area contributed by atoms with E-state index in [0.29, 0.717) is 16.9 Å². The Labute approximate surface area is 139 Å². The zero-order valence-corrected chi connectivity index (χ0v) is 13.0. The van der Waals surface area contributed by atoms with Crippen LogP contribution in [0.4, 0.5) is 15.8 Å². The highest BCUT2D eigenvalue weighted by atomic mass is 19.1. The molecule has 0 unspecified atom stereocenters. The van der Waals surface area contributed by atoms with Crippen LogP contribution in [0.15, 0.2) is 48.5 Å². The summed E-state index contributed by atoms with van der Waals surface area (Å²) in [6.45, 7) is 0.0458. The molecule has 2 amide bonds. The van der Waals surface area contributed by atoms with Crippen molar-refractivity contribution < 1.29 is 14.0 Å². The van der Waals surface area contributed by atoms with Crippen LogP contribution in [0.2, 0.25) is 0 Å². The van der Waals surface area contributed by atoms with Crippen molar-refractivity contribution in [3.8, 4) is 0 Å². The van der Waals surface area contributed by atoms with Gasteiger partial charge in [-0.2, -0.15) is 0 Å². The topological polar surface area (TPSA) is 70.2 Å². The second-order valence-corrected chi connectivity index (χ2v) is 5.74. The van der Waals surface area contributed by atoms with Gasteiger partial charge in [-0.15, -0.1) is 0 Å². The van der Waals surface area contributed by atoms with Crippen molar-refractivity contribution in [1.82, 2.24) is 5.32 Å². The van der Waals surface area contributed by atoms with Gasteiger partial charge in [0.15, 0.2) is 0 Å². The minimum absolute atomic E-state index is 0.0458. The minimum atomic E-state index is -0.328. The van der Waals surface area contributed by atoms with Crippen LogP contribution in [0.5, 0.6) is 0 Å². The first-order valence-electron chi connectivity index (χ1n) is 7.80. The van der Waals surface area contributed by atoms with Gasteiger partial charge in [-0.3, -0.25) is 9.59 Å². The van der Waals surface area contributed by atoms with Crippen LogP contribution < -0.4 is 16.0 Å². The van der Waals surface area contributed by atoms with E-state index in [-0.39, 0.29) is 30.2 Å². The summed E-state index contributed by atoms with van der Waals surface area (Å²) in [6, 6.07) is 12.9. The Bertz CT molecular complexity index is 742. The first kappa shape index (κ1) is 16.0. The summed E-state index contributed by atoms with van der Waals surface area (Å²) in [7, 11) is 0. The number of hydrogen-bond acceptors (Lipinski definition) is 3. The summed E-state index contributed by atoms with van der Waals surface area (Å²) in [5, 5.41) is 8.55. The van der Waals surface area contributed by atoms with Crippen LogP contribution in [0, 0.1) is 5.82 Å². The highest BCUT2D eigenvalue weighted by molar-refractivity contribution is 5.98. The number of amides is 2. The summed E-state index contributed by atoms with van der Waals surface area (Å²) in [6.07, 6.45) is 2.05. The molecule has 0 atom stereocenters. The standard InChI is InChI=1S/C18H18FN3O2/c19-13-4-6-14(7-5-13)20-11-17(23)21-16-3-1-2-12(10-16)18(24)22-15-8-9-15/h1-7,10,15,20H,8-9,11H2,(H,21,23)(H,22,24). The number of benzene rings is 2. The van der Waals surface area contributed by atoms with Crippen LogP contribution in [0.1, 0.15) is 23.2 Å². The maximum Gasteiger partial charge on any atom is 0.251 e. The normalized spacial score (nSPS) is 13.2. The summed E-state index contributed by atoms with van der Waals surface area (Å²) in [5.74, 6) is -0.705. The van der Waals surface area contributed by atoms with Crippen LogP contribution in [-0.2, 0) is 4.79 Å². The molecule has 0 saturated heterocycles. The molecule has 0 radical (unpaired) electrons. The van der Waals surface area contributed by atoms with Gasteiger partial charge in [-0.1, -0.05) is 6.07 Å². The van der Waals surface area contributed by atoms with Crippen molar-refractivity contribution >= 4 is 23.2 Å². The SMILES string of the molecule is O=C(CNc1ccc(F)cc1)Nc1cccc(C(=O)NC2CC2)c1. The first-order chi connectivity index (χ1) is 11.6. The molecule has 6 heteroatoms. The van der Waals surface area contributed by atoms with Gasteiger partial charge >= 0.3 is 0 Å². The molecule has 0 spiro atoms. The Hall–Kier alpha value is -2.89. The molecule has 2 aromatic rings. The van der Waals surface area contributed by atoms with Gasteiger partial charge in [0.05, 0.1) is 6.54 Å². The van der Waals surface area contributed by atoms with E-state index in [2.05, 4.69) is 16.0 Å². The van der Waals surface area contributed by atoms with Crippen molar-refractivity contribution in [1.29, 1.82) is 0 Å². The Morgan fingerprint density at radius 3 is 2.50 bits per heavy atom. The molecule has 24 heavy (non-hydrogen) atoms. The second kappa shape index (κ2) is 7.12. The van der Waals surface area contributed by atoms with E-state index in [4.69, 9.17) is 0 Å². The third-order valence-corrected chi connectivity index (χ3v) is 3.62. The molecule has 0 aliphatic heterocycles. The van der Waals surface area contributed by atoms with Crippen molar-refractivity contribution in [2.24, 2.45) is 0 Å². The lowest BCUT2D eigenvalue weighted by molar-refractivity contribution is -0.114. The Balaban J connectivity index is 1.53. The lowest BCUT2D eigenvalue weighted by Crippen LogP contribution is -2.26. The van der Waals surface area contributed by atoms with E-state index in [1.807, 2.05) is 0 Å². The van der Waals surface area contributed by atoms with Gasteiger partial charge in [0.25, 0.3) is 5.91 Å². The average molecular weight is 327 g/mol. The summed E-state index contributed by atoms with van der Waals surface area (Å²) in [5.41, 5.74) is 1.74. The van der Waals surface area contributed by atoms with Gasteiger partial charge in [0, 0.05) is 23.0 Å². The van der Waals surface area contributed by atoms with Crippen molar-refractivity contribution in [2.45, 2.75) is 18.9 Å². The van der Waals surface area contributed by atoms with E-state index in [9.17, 15) is 14.0 Å². The van der Waals surface area contributed by atoms with E-state index < -0.39 is 0 Å². The Kier molecular flexibility index (Phi) is 4.74. The van der Waals surface area contributed by atoms with E-state index in [1.165, 1.54) is 12.1 Å². The van der Waals surface area contributed by atoms with Gasteiger partial charge in [-0.05, 0) is 55.3 Å². The second-order valence-electron chi connectivity index (χ2n) is 5.74. The number of rotatable bonds is 6. The number of nitrogens with one attached hydrogen (secondary N) is 3. The largest absolute Gasteiger partial charge is 0.376 e. The quantitative estimate of drug-likeness (QED) is 0.764. The fourth-order valence-electron chi connectivity index (χ4n) is 2.19. The van der Waals surface area contributed by atoms with Gasteiger partial charge in [0.2, 0.25) is 5.91 Å². The fraction of sp³-hybridized carbons (Fsp3) is 0.222. The number of hydrogen-bond donors (Lipinski definition) is 3. The van der Waals surface area contributed by atoms with Crippen molar-refractivity contribution in [2.75, 3.05) is 17.2 Å². The Morgan fingerprint density at radius 2 is 1.79 bits per heavy atom. The molecule has 0 bridgehead atoms. The molecule has 1 aliphatic carbocycles. The maximum atomic E-state index is 12.8. The average Bonchev–Trinajstić information content (AvgIpc) is 3.38. The predicted molar refractivity (Wildman–Crippen MR) is 90.4 cm³/mol. The number of anilines is 2. The number of carbonyl (C=O) groups is 2. The van der Waals surface area contributed by atoms with Crippen molar-refractivity contribution in [3.63, 3.8) is 0 Å². The lowest BCUT2D eigenvalue weighted by Gasteiger charge is -2.09. The van der Waals surface area contributed by atoms with Crippen LogP contribution in [0.3, 0.4) is 0 Å². The molecule has 3 N–H and O–H groups in total. The molecular weight excluding hydrogens is 309 g/mol. The summed E-state index contributed by atoms with van der Waals surface area (Å²) < 4.78 is 12.8. The maximum absolute atomic E-state index is 12.8. The van der Waals surface area contributed by atoms with Gasteiger partial charge in [-0.25, -0.2) is 4.39 Å². The summed E-state index contributed by atoms with van der Waals surface area (Å²) in [4.78, 5) is 24.0. The zero-order chi connectivity index (χ0) is 16.9. The van der Waals surface area contributed by atoms with Crippen LogP contribution in [0.25, 0.3) is 0 Å². The smallest absolute Gasteiger partial charge is 0.251 e. The van der Waals surface area contributed by atoms with E-state index in [0.717, 1.165) is 12.8 Å². The molecule has 3 rings (SSSR count). The molecule has 1 saturated carbocycles. The van der Waals surface area contributed by atoms with E-state index >= 15 is 0 Å². The highest BCUT2D eigenvalue weighted by Crippen LogP contribution is 2.20. The Morgan fingerprint density at radius 1 is 1.04 bits per heavy atom. The summed E-state index contributed by atoms with van der Waals surface area (Å²) >= 11 is 0. The third-order valence-electron chi connectivity index (χ3n) is 3.62. The molecule has 0 heterocycles. The molecule has 1 fully saturated rings. The molecule has 124 valence electrons. The van der Waals surface area contributed by atoms with Gasteiger partial charge in [0.1, 0.15) is 5.82 Å². The fourth-order valence-corrected chi connectivity index (χ4v) is 2.19. The lowest BCUT2D eigenvalue weighted by atomic mass is 10.2. The van der Waals surface area contributed by atoms with Gasteiger partial charge < -0.3 is 16.0 Å². The molecule has 2 aromatic carbocycles. The van der Waals surface area contributed by atoms with E-state index in [1.54, 1.807) is 36.4 Å². The highest BCUT2D eigenvalue weighted by Gasteiger charge is 2.23.